The number of carbonyl (C=O) groups is 1. The molecule has 0 heterocycles. The molecular weight excluding hydrogens is 259 g/mol. The van der Waals surface area contributed by atoms with E-state index in [0.717, 1.165) is 12.8 Å². The zero-order chi connectivity index (χ0) is 15.1. The number of amides is 1. The van der Waals surface area contributed by atoms with Gasteiger partial charge in [-0.25, -0.2) is 4.39 Å². The highest BCUT2D eigenvalue weighted by molar-refractivity contribution is 5.77. The van der Waals surface area contributed by atoms with Crippen molar-refractivity contribution in [3.05, 3.63) is 29.6 Å². The number of nitrogens with one attached hydrogen (secondary N) is 1. The van der Waals surface area contributed by atoms with Gasteiger partial charge in [0.05, 0.1) is 0 Å². The molecule has 1 aromatic carbocycles. The number of hydrogen-bond acceptors (Lipinski definition) is 3. The number of halogens is 1. The summed E-state index contributed by atoms with van der Waals surface area (Å²) in [5.41, 5.74) is 6.06. The highest BCUT2D eigenvalue weighted by Gasteiger charge is 2.11. The number of carbonyl (C=O) groups excluding carboxylic acids is 1. The maximum atomic E-state index is 13.7. The minimum absolute atomic E-state index is 0.118. The van der Waals surface area contributed by atoms with Crippen LogP contribution in [0.3, 0.4) is 0 Å². The van der Waals surface area contributed by atoms with E-state index >= 15 is 0 Å². The standard InChI is InChI=1S/C15H23FN2O2/c1-4-11(5-2)18-15(19)9-20-12-6-7-13(10(3)17)14(16)8-12/h6-8,10-11H,4-5,9,17H2,1-3H3,(H,18,19). The second kappa shape index (κ2) is 7.85. The molecule has 0 saturated heterocycles. The summed E-state index contributed by atoms with van der Waals surface area (Å²) in [6, 6.07) is 4.23. The molecule has 1 atom stereocenters. The van der Waals surface area contributed by atoms with Gasteiger partial charge in [0.15, 0.2) is 6.61 Å². The molecule has 0 bridgehead atoms. The molecule has 1 aromatic rings. The van der Waals surface area contributed by atoms with Crippen LogP contribution in [-0.4, -0.2) is 18.6 Å². The van der Waals surface area contributed by atoms with Crippen molar-refractivity contribution in [2.24, 2.45) is 5.73 Å². The molecule has 0 aliphatic carbocycles. The quantitative estimate of drug-likeness (QED) is 0.807. The zero-order valence-electron chi connectivity index (χ0n) is 12.3. The van der Waals surface area contributed by atoms with E-state index in [9.17, 15) is 9.18 Å². The number of ether oxygens (including phenoxy) is 1. The van der Waals surface area contributed by atoms with E-state index in [4.69, 9.17) is 10.5 Å². The van der Waals surface area contributed by atoms with Crippen LogP contribution in [0.5, 0.6) is 5.75 Å². The van der Waals surface area contributed by atoms with E-state index in [1.54, 1.807) is 19.1 Å². The van der Waals surface area contributed by atoms with Crippen molar-refractivity contribution >= 4 is 5.91 Å². The second-order valence-electron chi connectivity index (χ2n) is 4.84. The summed E-state index contributed by atoms with van der Waals surface area (Å²) in [5, 5.41) is 2.85. The van der Waals surface area contributed by atoms with Gasteiger partial charge in [0.2, 0.25) is 0 Å². The summed E-state index contributed by atoms with van der Waals surface area (Å²) in [5.74, 6) is -0.292. The highest BCUT2D eigenvalue weighted by atomic mass is 19.1. The molecule has 3 N–H and O–H groups in total. The molecule has 0 aliphatic rings. The zero-order valence-corrected chi connectivity index (χ0v) is 12.3. The van der Waals surface area contributed by atoms with Gasteiger partial charge >= 0.3 is 0 Å². The summed E-state index contributed by atoms with van der Waals surface area (Å²) in [7, 11) is 0. The van der Waals surface area contributed by atoms with E-state index < -0.39 is 5.82 Å². The Kier molecular flexibility index (Phi) is 6.45. The summed E-state index contributed by atoms with van der Waals surface area (Å²) in [4.78, 5) is 11.7. The fourth-order valence-electron chi connectivity index (χ4n) is 1.88. The van der Waals surface area contributed by atoms with Crippen molar-refractivity contribution in [3.63, 3.8) is 0 Å². The Hall–Kier alpha value is -1.62. The molecule has 4 nitrogen and oxygen atoms in total. The van der Waals surface area contributed by atoms with Gasteiger partial charge < -0.3 is 15.8 Å². The van der Waals surface area contributed by atoms with Gasteiger partial charge in [-0.2, -0.15) is 0 Å². The minimum Gasteiger partial charge on any atom is -0.484 e. The Balaban J connectivity index is 2.53. The predicted molar refractivity (Wildman–Crippen MR) is 77.0 cm³/mol. The van der Waals surface area contributed by atoms with Crippen LogP contribution >= 0.6 is 0 Å². The van der Waals surface area contributed by atoms with Crippen LogP contribution in [0.1, 0.15) is 45.2 Å². The van der Waals surface area contributed by atoms with Gasteiger partial charge in [-0.05, 0) is 25.8 Å². The largest absolute Gasteiger partial charge is 0.484 e. The van der Waals surface area contributed by atoms with Crippen molar-refractivity contribution in [3.8, 4) is 5.75 Å². The molecule has 1 amide bonds. The monoisotopic (exact) mass is 282 g/mol. The predicted octanol–water partition coefficient (Wildman–Crippen LogP) is 2.53. The second-order valence-corrected chi connectivity index (χ2v) is 4.84. The first-order valence-corrected chi connectivity index (χ1v) is 6.95. The first-order chi connectivity index (χ1) is 9.47. The molecular formula is C15H23FN2O2. The molecule has 5 heteroatoms. The molecule has 0 saturated carbocycles. The third-order valence-electron chi connectivity index (χ3n) is 3.18. The molecule has 0 spiro atoms. The lowest BCUT2D eigenvalue weighted by Gasteiger charge is -2.15. The molecule has 0 fully saturated rings. The van der Waals surface area contributed by atoms with Gasteiger partial charge in [0.25, 0.3) is 5.91 Å². The minimum atomic E-state index is -0.419. The Bertz CT molecular complexity index is 445. The molecule has 0 aromatic heterocycles. The summed E-state index contributed by atoms with van der Waals surface area (Å²) < 4.78 is 19.0. The highest BCUT2D eigenvalue weighted by Crippen LogP contribution is 2.20. The lowest BCUT2D eigenvalue weighted by Crippen LogP contribution is -2.37. The van der Waals surface area contributed by atoms with Crippen LogP contribution in [0.2, 0.25) is 0 Å². The van der Waals surface area contributed by atoms with Crippen molar-refractivity contribution < 1.29 is 13.9 Å². The third kappa shape index (κ3) is 4.81. The number of nitrogens with two attached hydrogens (primary N) is 1. The molecule has 20 heavy (non-hydrogen) atoms. The Labute approximate surface area is 119 Å². The Morgan fingerprint density at radius 2 is 2.05 bits per heavy atom. The average molecular weight is 282 g/mol. The van der Waals surface area contributed by atoms with Gasteiger partial charge in [0, 0.05) is 23.7 Å². The first kappa shape index (κ1) is 16.4. The van der Waals surface area contributed by atoms with Gasteiger partial charge in [-0.3, -0.25) is 4.79 Å². The summed E-state index contributed by atoms with van der Waals surface area (Å²) in [6.07, 6.45) is 1.75. The normalized spacial score (nSPS) is 12.3. The number of hydrogen-bond donors (Lipinski definition) is 2. The van der Waals surface area contributed by atoms with Crippen LogP contribution in [0.25, 0.3) is 0 Å². The lowest BCUT2D eigenvalue weighted by molar-refractivity contribution is -0.123. The van der Waals surface area contributed by atoms with Crippen LogP contribution in [-0.2, 0) is 4.79 Å². The first-order valence-electron chi connectivity index (χ1n) is 6.95. The smallest absolute Gasteiger partial charge is 0.258 e. The van der Waals surface area contributed by atoms with Gasteiger partial charge in [0.1, 0.15) is 11.6 Å². The van der Waals surface area contributed by atoms with E-state index in [1.807, 2.05) is 13.8 Å². The molecule has 1 unspecified atom stereocenters. The lowest BCUT2D eigenvalue weighted by atomic mass is 10.1. The van der Waals surface area contributed by atoms with Crippen molar-refractivity contribution in [2.75, 3.05) is 6.61 Å². The number of benzene rings is 1. The topological polar surface area (TPSA) is 64.3 Å². The SMILES string of the molecule is CCC(CC)NC(=O)COc1ccc(C(C)N)c(F)c1. The fraction of sp³-hybridized carbons (Fsp3) is 0.533. The van der Waals surface area contributed by atoms with E-state index in [2.05, 4.69) is 5.32 Å². The van der Waals surface area contributed by atoms with Crippen LogP contribution in [0.15, 0.2) is 18.2 Å². The summed E-state index contributed by atoms with van der Waals surface area (Å²) in [6.45, 7) is 5.62. The Morgan fingerprint density at radius 3 is 2.55 bits per heavy atom. The van der Waals surface area contributed by atoms with Crippen LogP contribution < -0.4 is 15.8 Å². The molecule has 1 rings (SSSR count). The van der Waals surface area contributed by atoms with E-state index in [0.29, 0.717) is 11.3 Å². The van der Waals surface area contributed by atoms with E-state index in [-0.39, 0.29) is 24.6 Å². The molecule has 0 radical (unpaired) electrons. The fourth-order valence-corrected chi connectivity index (χ4v) is 1.88. The van der Waals surface area contributed by atoms with Crippen molar-refractivity contribution in [2.45, 2.75) is 45.7 Å². The van der Waals surface area contributed by atoms with Gasteiger partial charge in [-0.15, -0.1) is 0 Å². The van der Waals surface area contributed by atoms with Crippen molar-refractivity contribution in [1.82, 2.24) is 5.32 Å². The maximum Gasteiger partial charge on any atom is 0.258 e. The molecule has 0 aliphatic heterocycles. The van der Waals surface area contributed by atoms with Crippen molar-refractivity contribution in [1.29, 1.82) is 0 Å². The van der Waals surface area contributed by atoms with Gasteiger partial charge in [-0.1, -0.05) is 19.9 Å². The number of rotatable bonds is 7. The van der Waals surface area contributed by atoms with E-state index in [1.165, 1.54) is 6.07 Å². The Morgan fingerprint density at radius 1 is 1.40 bits per heavy atom. The van der Waals surface area contributed by atoms with Crippen LogP contribution in [0, 0.1) is 5.82 Å². The third-order valence-corrected chi connectivity index (χ3v) is 3.18. The summed E-state index contributed by atoms with van der Waals surface area (Å²) >= 11 is 0. The maximum absolute atomic E-state index is 13.7. The van der Waals surface area contributed by atoms with Crippen LogP contribution in [0.4, 0.5) is 4.39 Å². The average Bonchev–Trinajstić information content (AvgIpc) is 2.42. The molecule has 112 valence electrons.